The maximum Gasteiger partial charge on any atom is 0.417 e. The second kappa shape index (κ2) is 4.74. The van der Waals surface area contributed by atoms with E-state index in [1.807, 2.05) is 30.3 Å². The number of fused-ring (bicyclic) bond motifs is 2. The van der Waals surface area contributed by atoms with Crippen LogP contribution in [-0.4, -0.2) is 33.9 Å². The van der Waals surface area contributed by atoms with E-state index in [-0.39, 0.29) is 24.9 Å². The van der Waals surface area contributed by atoms with Crippen molar-refractivity contribution in [1.82, 2.24) is 4.90 Å². The molecule has 0 aliphatic carbocycles. The van der Waals surface area contributed by atoms with Crippen LogP contribution in [0.3, 0.4) is 0 Å². The summed E-state index contributed by atoms with van der Waals surface area (Å²) in [5.74, 6) is 0. The Kier molecular flexibility index (Phi) is 3.29. The third kappa shape index (κ3) is 2.33. The Morgan fingerprint density at radius 2 is 1.65 bits per heavy atom. The number of alkyl halides is 3. The molecule has 2 fully saturated rings. The summed E-state index contributed by atoms with van der Waals surface area (Å²) < 4.78 is 39.0. The van der Waals surface area contributed by atoms with E-state index in [0.29, 0.717) is 6.54 Å². The number of rotatable bonds is 2. The molecule has 0 spiro atoms. The van der Waals surface area contributed by atoms with Gasteiger partial charge in [0, 0.05) is 31.5 Å². The molecule has 0 saturated carbocycles. The molecule has 2 aliphatic rings. The Labute approximate surface area is 116 Å². The van der Waals surface area contributed by atoms with Crippen LogP contribution in [0.1, 0.15) is 31.2 Å². The lowest BCUT2D eigenvalue weighted by atomic mass is 9.85. The van der Waals surface area contributed by atoms with Gasteiger partial charge in [0.25, 0.3) is 0 Å². The highest BCUT2D eigenvalue weighted by molar-refractivity contribution is 5.16. The Hall–Kier alpha value is -1.07. The van der Waals surface area contributed by atoms with Crippen LogP contribution in [0.2, 0.25) is 0 Å². The first-order chi connectivity index (χ1) is 9.39. The largest absolute Gasteiger partial charge is 0.417 e. The quantitative estimate of drug-likeness (QED) is 0.902. The average Bonchev–Trinajstić information content (AvgIpc) is 2.63. The average molecular weight is 285 g/mol. The van der Waals surface area contributed by atoms with E-state index in [1.165, 1.54) is 0 Å². The molecule has 110 valence electrons. The van der Waals surface area contributed by atoms with Crippen LogP contribution in [0.5, 0.6) is 0 Å². The summed E-state index contributed by atoms with van der Waals surface area (Å²) >= 11 is 0. The number of aliphatic hydroxyl groups is 1. The monoisotopic (exact) mass is 285 g/mol. The van der Waals surface area contributed by atoms with Crippen molar-refractivity contribution in [2.75, 3.05) is 0 Å². The van der Waals surface area contributed by atoms with Crippen LogP contribution in [-0.2, 0) is 6.54 Å². The molecule has 2 bridgehead atoms. The zero-order valence-corrected chi connectivity index (χ0v) is 11.1. The fourth-order valence-corrected chi connectivity index (χ4v) is 3.60. The topological polar surface area (TPSA) is 23.5 Å². The number of piperidine rings is 1. The predicted molar refractivity (Wildman–Crippen MR) is 69.0 cm³/mol. The van der Waals surface area contributed by atoms with Crippen molar-refractivity contribution in [3.63, 3.8) is 0 Å². The van der Waals surface area contributed by atoms with Gasteiger partial charge >= 0.3 is 6.18 Å². The summed E-state index contributed by atoms with van der Waals surface area (Å²) in [6.45, 7) is 0.671. The van der Waals surface area contributed by atoms with Crippen molar-refractivity contribution in [1.29, 1.82) is 0 Å². The van der Waals surface area contributed by atoms with Crippen molar-refractivity contribution in [2.45, 2.75) is 56.1 Å². The molecule has 1 N–H and O–H groups in total. The molecular weight excluding hydrogens is 267 g/mol. The van der Waals surface area contributed by atoms with E-state index in [2.05, 4.69) is 4.90 Å². The standard InChI is InChI=1S/C15H18F3NO/c16-15(17,18)14(20)8-12-6-7-13(9-14)19(12)10-11-4-2-1-3-5-11/h1-5,12-13,20H,6-10H2/t12-,13-/m0/s1. The summed E-state index contributed by atoms with van der Waals surface area (Å²) in [6, 6.07) is 9.45. The molecule has 1 aromatic carbocycles. The summed E-state index contributed by atoms with van der Waals surface area (Å²) in [5, 5.41) is 9.92. The Morgan fingerprint density at radius 1 is 1.10 bits per heavy atom. The third-order valence-corrected chi connectivity index (χ3v) is 4.65. The van der Waals surface area contributed by atoms with Gasteiger partial charge in [0.2, 0.25) is 0 Å². The summed E-state index contributed by atoms with van der Waals surface area (Å²) in [7, 11) is 0. The first-order valence-electron chi connectivity index (χ1n) is 6.98. The minimum absolute atomic E-state index is 0.166. The van der Waals surface area contributed by atoms with Crippen molar-refractivity contribution >= 4 is 0 Å². The first-order valence-corrected chi connectivity index (χ1v) is 6.98. The Bertz CT molecular complexity index is 460. The van der Waals surface area contributed by atoms with Gasteiger partial charge in [-0.25, -0.2) is 0 Å². The normalized spacial score (nSPS) is 34.4. The van der Waals surface area contributed by atoms with Crippen LogP contribution < -0.4 is 0 Å². The van der Waals surface area contributed by atoms with Gasteiger partial charge in [0.05, 0.1) is 0 Å². The lowest BCUT2D eigenvalue weighted by molar-refractivity contribution is -0.279. The zero-order chi connectivity index (χ0) is 14.4. The molecular formula is C15H18F3NO. The van der Waals surface area contributed by atoms with Gasteiger partial charge in [-0.2, -0.15) is 13.2 Å². The highest BCUT2D eigenvalue weighted by Gasteiger charge is 2.60. The predicted octanol–water partition coefficient (Wildman–Crippen LogP) is 3.11. The first kappa shape index (κ1) is 13.9. The fraction of sp³-hybridized carbons (Fsp3) is 0.600. The minimum atomic E-state index is -4.52. The van der Waals surface area contributed by atoms with Gasteiger partial charge in [-0.05, 0) is 18.4 Å². The van der Waals surface area contributed by atoms with Gasteiger partial charge in [0.15, 0.2) is 5.60 Å². The third-order valence-electron chi connectivity index (χ3n) is 4.65. The molecule has 2 saturated heterocycles. The number of benzene rings is 1. The summed E-state index contributed by atoms with van der Waals surface area (Å²) in [6.07, 6.45) is -3.42. The number of halogens is 3. The highest BCUT2D eigenvalue weighted by Crippen LogP contribution is 2.48. The van der Waals surface area contributed by atoms with E-state index in [9.17, 15) is 18.3 Å². The molecule has 0 amide bonds. The SMILES string of the molecule is OC1(C(F)(F)F)C[C@@H]2CC[C@@H](C1)N2Cc1ccccc1. The number of hydrogen-bond donors (Lipinski definition) is 1. The lowest BCUT2D eigenvalue weighted by Crippen LogP contribution is -2.57. The molecule has 2 heterocycles. The Morgan fingerprint density at radius 3 is 2.15 bits per heavy atom. The van der Waals surface area contributed by atoms with Gasteiger partial charge < -0.3 is 5.11 Å². The van der Waals surface area contributed by atoms with E-state index < -0.39 is 11.8 Å². The second-order valence-corrected chi connectivity index (χ2v) is 5.98. The molecule has 2 atom stereocenters. The zero-order valence-electron chi connectivity index (χ0n) is 11.1. The lowest BCUT2D eigenvalue weighted by Gasteiger charge is -2.44. The Balaban J connectivity index is 1.76. The van der Waals surface area contributed by atoms with E-state index in [4.69, 9.17) is 0 Å². The maximum atomic E-state index is 13.0. The van der Waals surface area contributed by atoms with Crippen LogP contribution in [0, 0.1) is 0 Å². The number of nitrogens with zero attached hydrogens (tertiary/aromatic N) is 1. The summed E-state index contributed by atoms with van der Waals surface area (Å²) in [5.41, 5.74) is -1.38. The molecule has 1 aromatic rings. The summed E-state index contributed by atoms with van der Waals surface area (Å²) in [4.78, 5) is 2.13. The van der Waals surface area contributed by atoms with Crippen molar-refractivity contribution < 1.29 is 18.3 Å². The van der Waals surface area contributed by atoms with E-state index >= 15 is 0 Å². The highest BCUT2D eigenvalue weighted by atomic mass is 19.4. The molecule has 2 aliphatic heterocycles. The molecule has 0 unspecified atom stereocenters. The maximum absolute atomic E-state index is 13.0. The molecule has 5 heteroatoms. The van der Waals surface area contributed by atoms with Gasteiger partial charge in [-0.15, -0.1) is 0 Å². The van der Waals surface area contributed by atoms with Crippen LogP contribution in [0.4, 0.5) is 13.2 Å². The van der Waals surface area contributed by atoms with Gasteiger partial charge in [-0.3, -0.25) is 4.90 Å². The smallest absolute Gasteiger partial charge is 0.380 e. The molecule has 20 heavy (non-hydrogen) atoms. The molecule has 0 aromatic heterocycles. The molecule has 3 rings (SSSR count). The van der Waals surface area contributed by atoms with E-state index in [1.54, 1.807) is 0 Å². The fourth-order valence-electron chi connectivity index (χ4n) is 3.60. The van der Waals surface area contributed by atoms with Crippen molar-refractivity contribution in [2.24, 2.45) is 0 Å². The van der Waals surface area contributed by atoms with Crippen molar-refractivity contribution in [3.8, 4) is 0 Å². The van der Waals surface area contributed by atoms with Gasteiger partial charge in [0.1, 0.15) is 0 Å². The van der Waals surface area contributed by atoms with E-state index in [0.717, 1.165) is 18.4 Å². The molecule has 0 radical (unpaired) electrons. The van der Waals surface area contributed by atoms with Crippen molar-refractivity contribution in [3.05, 3.63) is 35.9 Å². The number of hydrogen-bond acceptors (Lipinski definition) is 2. The molecule has 2 nitrogen and oxygen atoms in total. The van der Waals surface area contributed by atoms with Crippen LogP contribution >= 0.6 is 0 Å². The van der Waals surface area contributed by atoms with Crippen LogP contribution in [0.15, 0.2) is 30.3 Å². The minimum Gasteiger partial charge on any atom is -0.380 e. The van der Waals surface area contributed by atoms with Gasteiger partial charge in [-0.1, -0.05) is 30.3 Å². The van der Waals surface area contributed by atoms with Crippen LogP contribution in [0.25, 0.3) is 0 Å². The second-order valence-electron chi connectivity index (χ2n) is 5.98.